The maximum Gasteiger partial charge on any atom is 0.0110 e. The molecule has 0 unspecified atom stereocenters. The van der Waals surface area contributed by atoms with E-state index in [1.807, 2.05) is 0 Å². The predicted octanol–water partition coefficient (Wildman–Crippen LogP) is -1.78. The SMILES string of the molecule is NCCCN1CCN(CCCN)CCN(CCN2CCN(CCCN)CCN(CCCN)CC2)CC1. The highest BCUT2D eigenvalue weighted by molar-refractivity contribution is 4.76. The number of hydrogen-bond acceptors (Lipinski definition) is 10. The molecule has 0 saturated carbocycles. The van der Waals surface area contributed by atoms with E-state index in [1.165, 1.54) is 0 Å². The molecule has 2 rings (SSSR count). The third-order valence-corrected chi connectivity index (χ3v) is 7.84. The van der Waals surface area contributed by atoms with Gasteiger partial charge in [0.05, 0.1) is 0 Å². The molecule has 2 aliphatic heterocycles. The summed E-state index contributed by atoms with van der Waals surface area (Å²) in [5, 5.41) is 0. The third kappa shape index (κ3) is 13.9. The van der Waals surface area contributed by atoms with Crippen molar-refractivity contribution in [1.82, 2.24) is 29.4 Å². The molecule has 0 aromatic carbocycles. The van der Waals surface area contributed by atoms with Crippen LogP contribution in [0.5, 0.6) is 0 Å². The Hall–Kier alpha value is -0.400. The Morgan fingerprint density at radius 1 is 0.278 bits per heavy atom. The Morgan fingerprint density at radius 2 is 0.444 bits per heavy atom. The van der Waals surface area contributed by atoms with E-state index < -0.39 is 0 Å². The van der Waals surface area contributed by atoms with E-state index in [0.717, 1.165) is 170 Å². The fourth-order valence-electron chi connectivity index (χ4n) is 5.25. The summed E-state index contributed by atoms with van der Waals surface area (Å²) in [4.78, 5) is 15.9. The van der Waals surface area contributed by atoms with Crippen molar-refractivity contribution in [1.29, 1.82) is 0 Å². The fourth-order valence-corrected chi connectivity index (χ4v) is 5.25. The molecule has 0 atom stereocenters. The zero-order chi connectivity index (χ0) is 25.8. The Labute approximate surface area is 222 Å². The Bertz CT molecular complexity index is 427. The Balaban J connectivity index is 1.93. The highest BCUT2D eigenvalue weighted by Gasteiger charge is 2.19. The third-order valence-electron chi connectivity index (χ3n) is 7.84. The lowest BCUT2D eigenvalue weighted by Gasteiger charge is -2.30. The molecule has 36 heavy (non-hydrogen) atoms. The smallest absolute Gasteiger partial charge is 0.0110 e. The molecular weight excluding hydrogens is 452 g/mol. The minimum atomic E-state index is 0.774. The van der Waals surface area contributed by atoms with Crippen LogP contribution in [0.25, 0.3) is 0 Å². The molecule has 0 aromatic rings. The van der Waals surface area contributed by atoms with Crippen LogP contribution in [0, 0.1) is 0 Å². The summed E-state index contributed by atoms with van der Waals surface area (Å²) in [6.45, 7) is 23.5. The lowest BCUT2D eigenvalue weighted by Crippen LogP contribution is -2.44. The first kappa shape index (κ1) is 31.8. The molecule has 214 valence electrons. The molecule has 0 aromatic heterocycles. The van der Waals surface area contributed by atoms with Gasteiger partial charge in [-0.2, -0.15) is 0 Å². The molecule has 8 N–H and O–H groups in total. The first-order valence-electron chi connectivity index (χ1n) is 14.8. The summed E-state index contributed by atoms with van der Waals surface area (Å²) in [5.41, 5.74) is 23.3. The van der Waals surface area contributed by atoms with Gasteiger partial charge in [-0.1, -0.05) is 0 Å². The quantitative estimate of drug-likeness (QED) is 0.200. The molecular formula is C26H60N10. The van der Waals surface area contributed by atoms with E-state index in [0.29, 0.717) is 0 Å². The van der Waals surface area contributed by atoms with E-state index in [-0.39, 0.29) is 0 Å². The highest BCUT2D eigenvalue weighted by atomic mass is 15.3. The van der Waals surface area contributed by atoms with Crippen LogP contribution in [0.1, 0.15) is 25.7 Å². The number of hydrogen-bond donors (Lipinski definition) is 4. The largest absolute Gasteiger partial charge is 0.330 e. The first-order chi connectivity index (χ1) is 17.7. The lowest BCUT2D eigenvalue weighted by atomic mass is 10.3. The minimum absolute atomic E-state index is 0.774. The van der Waals surface area contributed by atoms with Gasteiger partial charge in [0.15, 0.2) is 0 Å². The van der Waals surface area contributed by atoms with Crippen molar-refractivity contribution in [2.24, 2.45) is 22.9 Å². The van der Waals surface area contributed by atoms with Gasteiger partial charge in [0.2, 0.25) is 0 Å². The zero-order valence-corrected chi connectivity index (χ0v) is 23.4. The van der Waals surface area contributed by atoms with Crippen molar-refractivity contribution < 1.29 is 0 Å². The van der Waals surface area contributed by atoms with Crippen molar-refractivity contribution in [3.63, 3.8) is 0 Å². The number of nitrogens with zero attached hydrogens (tertiary/aromatic N) is 6. The summed E-state index contributed by atoms with van der Waals surface area (Å²) in [7, 11) is 0. The van der Waals surface area contributed by atoms with Crippen LogP contribution in [-0.2, 0) is 0 Å². The average Bonchev–Trinajstić information content (AvgIpc) is 3.05. The summed E-state index contributed by atoms with van der Waals surface area (Å²) in [6.07, 6.45) is 4.32. The van der Waals surface area contributed by atoms with Gasteiger partial charge in [-0.05, 0) is 78.0 Å². The van der Waals surface area contributed by atoms with Crippen LogP contribution in [0.2, 0.25) is 0 Å². The van der Waals surface area contributed by atoms with Gasteiger partial charge in [0.1, 0.15) is 0 Å². The van der Waals surface area contributed by atoms with Gasteiger partial charge in [-0.15, -0.1) is 0 Å². The second-order valence-electron chi connectivity index (χ2n) is 10.6. The summed E-state index contributed by atoms with van der Waals surface area (Å²) < 4.78 is 0. The lowest BCUT2D eigenvalue weighted by molar-refractivity contribution is 0.166. The van der Waals surface area contributed by atoms with Gasteiger partial charge in [-0.25, -0.2) is 0 Å². The molecule has 0 spiro atoms. The van der Waals surface area contributed by atoms with Crippen LogP contribution in [0.15, 0.2) is 0 Å². The monoisotopic (exact) mass is 513 g/mol. The van der Waals surface area contributed by atoms with Crippen molar-refractivity contribution >= 4 is 0 Å². The fraction of sp³-hybridized carbons (Fsp3) is 1.00. The zero-order valence-electron chi connectivity index (χ0n) is 23.4. The van der Waals surface area contributed by atoms with Gasteiger partial charge < -0.3 is 42.5 Å². The Morgan fingerprint density at radius 3 is 0.611 bits per heavy atom. The van der Waals surface area contributed by atoms with Gasteiger partial charge >= 0.3 is 0 Å². The molecule has 0 amide bonds. The molecule has 0 radical (unpaired) electrons. The summed E-state index contributed by atoms with van der Waals surface area (Å²) in [6, 6.07) is 0. The van der Waals surface area contributed by atoms with Crippen molar-refractivity contribution in [2.45, 2.75) is 25.7 Å². The molecule has 2 saturated heterocycles. The van der Waals surface area contributed by atoms with Crippen LogP contribution in [0.3, 0.4) is 0 Å². The van der Waals surface area contributed by atoms with E-state index in [2.05, 4.69) is 29.4 Å². The second-order valence-corrected chi connectivity index (χ2v) is 10.6. The Kier molecular flexibility index (Phi) is 18.2. The van der Waals surface area contributed by atoms with Crippen molar-refractivity contribution in [3.05, 3.63) is 0 Å². The van der Waals surface area contributed by atoms with Crippen molar-refractivity contribution in [3.8, 4) is 0 Å². The normalized spacial score (nSPS) is 22.0. The van der Waals surface area contributed by atoms with Crippen LogP contribution in [0.4, 0.5) is 0 Å². The van der Waals surface area contributed by atoms with E-state index in [9.17, 15) is 0 Å². The molecule has 10 heteroatoms. The molecule has 2 aliphatic rings. The maximum absolute atomic E-state index is 5.82. The number of nitrogens with two attached hydrogens (primary N) is 4. The molecule has 2 fully saturated rings. The highest BCUT2D eigenvalue weighted by Crippen LogP contribution is 2.05. The van der Waals surface area contributed by atoms with Crippen LogP contribution < -0.4 is 22.9 Å². The molecule has 10 nitrogen and oxygen atoms in total. The van der Waals surface area contributed by atoms with E-state index in [1.54, 1.807) is 0 Å². The van der Waals surface area contributed by atoms with Gasteiger partial charge in [0, 0.05) is 91.6 Å². The van der Waals surface area contributed by atoms with Crippen LogP contribution in [-0.4, -0.2) is 173 Å². The average molecular weight is 513 g/mol. The van der Waals surface area contributed by atoms with Crippen LogP contribution >= 0.6 is 0 Å². The maximum atomic E-state index is 5.82. The van der Waals surface area contributed by atoms with Gasteiger partial charge in [0.25, 0.3) is 0 Å². The number of rotatable bonds is 15. The van der Waals surface area contributed by atoms with E-state index >= 15 is 0 Å². The predicted molar refractivity (Wildman–Crippen MR) is 153 cm³/mol. The summed E-state index contributed by atoms with van der Waals surface area (Å²) in [5.74, 6) is 0. The second kappa shape index (κ2) is 20.5. The van der Waals surface area contributed by atoms with Crippen molar-refractivity contribution in [2.75, 3.05) is 144 Å². The topological polar surface area (TPSA) is 124 Å². The molecule has 0 aliphatic carbocycles. The minimum Gasteiger partial charge on any atom is -0.330 e. The molecule has 0 bridgehead atoms. The standard InChI is InChI=1S/C26H60N10/c27-5-1-9-31-13-14-32(10-2-6-28)18-22-35(21-17-31)25-26-36-23-19-33(11-3-7-29)15-16-34(20-24-36)12-4-8-30/h1-30H2. The van der Waals surface area contributed by atoms with E-state index in [4.69, 9.17) is 22.9 Å². The summed E-state index contributed by atoms with van der Waals surface area (Å²) >= 11 is 0. The molecule has 2 heterocycles. The van der Waals surface area contributed by atoms with Gasteiger partial charge in [-0.3, -0.25) is 9.80 Å². The first-order valence-corrected chi connectivity index (χ1v) is 14.8.